The van der Waals surface area contributed by atoms with Crippen molar-refractivity contribution in [2.24, 2.45) is 0 Å². The van der Waals surface area contributed by atoms with E-state index in [9.17, 15) is 8.42 Å². The molecule has 0 atom stereocenters. The maximum absolute atomic E-state index is 12.0. The van der Waals surface area contributed by atoms with E-state index in [2.05, 4.69) is 6.58 Å². The first-order chi connectivity index (χ1) is 10.6. The SMILES string of the molecule is C=CCN(CCS(=O)(=O)Oc1ccccc1)Cc1cccs1. The fourth-order valence-corrected chi connectivity index (χ4v) is 3.66. The summed E-state index contributed by atoms with van der Waals surface area (Å²) in [4.78, 5) is 3.23. The summed E-state index contributed by atoms with van der Waals surface area (Å²) in [7, 11) is -3.60. The summed E-state index contributed by atoms with van der Waals surface area (Å²) < 4.78 is 29.2. The molecule has 2 aromatic rings. The smallest absolute Gasteiger partial charge is 0.310 e. The molecule has 0 bridgehead atoms. The van der Waals surface area contributed by atoms with Crippen LogP contribution >= 0.6 is 11.3 Å². The molecule has 0 saturated heterocycles. The van der Waals surface area contributed by atoms with E-state index in [1.54, 1.807) is 41.7 Å². The second-order valence-electron chi connectivity index (χ2n) is 4.76. The van der Waals surface area contributed by atoms with Crippen LogP contribution in [0.25, 0.3) is 0 Å². The number of hydrogen-bond acceptors (Lipinski definition) is 5. The van der Waals surface area contributed by atoms with Crippen molar-refractivity contribution in [3.05, 3.63) is 65.4 Å². The highest BCUT2D eigenvalue weighted by Crippen LogP contribution is 2.14. The van der Waals surface area contributed by atoms with E-state index < -0.39 is 10.1 Å². The summed E-state index contributed by atoms with van der Waals surface area (Å²) in [5.41, 5.74) is 0. The van der Waals surface area contributed by atoms with Crippen molar-refractivity contribution in [2.75, 3.05) is 18.8 Å². The van der Waals surface area contributed by atoms with Crippen LogP contribution in [0.15, 0.2) is 60.5 Å². The van der Waals surface area contributed by atoms with Gasteiger partial charge < -0.3 is 4.18 Å². The van der Waals surface area contributed by atoms with Crippen molar-refractivity contribution in [2.45, 2.75) is 6.54 Å². The van der Waals surface area contributed by atoms with Gasteiger partial charge in [0.15, 0.2) is 0 Å². The van der Waals surface area contributed by atoms with Crippen molar-refractivity contribution < 1.29 is 12.6 Å². The van der Waals surface area contributed by atoms with Gasteiger partial charge in [-0.2, -0.15) is 8.42 Å². The molecule has 4 nitrogen and oxygen atoms in total. The van der Waals surface area contributed by atoms with Crippen LogP contribution in [0.5, 0.6) is 5.75 Å². The molecule has 0 N–H and O–H groups in total. The highest BCUT2D eigenvalue weighted by atomic mass is 32.2. The molecule has 2 rings (SSSR count). The van der Waals surface area contributed by atoms with Gasteiger partial charge in [-0.15, -0.1) is 17.9 Å². The van der Waals surface area contributed by atoms with E-state index in [-0.39, 0.29) is 5.75 Å². The molecule has 0 saturated carbocycles. The van der Waals surface area contributed by atoms with Crippen LogP contribution in [0.2, 0.25) is 0 Å². The molecule has 0 aliphatic rings. The summed E-state index contributed by atoms with van der Waals surface area (Å²) in [6, 6.07) is 12.6. The highest BCUT2D eigenvalue weighted by Gasteiger charge is 2.15. The summed E-state index contributed by atoms with van der Waals surface area (Å²) in [6.07, 6.45) is 1.78. The molecule has 22 heavy (non-hydrogen) atoms. The van der Waals surface area contributed by atoms with Crippen molar-refractivity contribution >= 4 is 21.5 Å². The van der Waals surface area contributed by atoms with Crippen molar-refractivity contribution in [1.82, 2.24) is 4.90 Å². The summed E-state index contributed by atoms with van der Waals surface area (Å²) in [5.74, 6) is 0.289. The number of hydrogen-bond donors (Lipinski definition) is 0. The van der Waals surface area contributed by atoms with Crippen LogP contribution in [0.4, 0.5) is 0 Å². The van der Waals surface area contributed by atoms with Crippen molar-refractivity contribution in [1.29, 1.82) is 0 Å². The maximum atomic E-state index is 12.0. The van der Waals surface area contributed by atoms with Gasteiger partial charge in [-0.1, -0.05) is 30.3 Å². The quantitative estimate of drug-likeness (QED) is 0.521. The Morgan fingerprint density at radius 1 is 1.18 bits per heavy atom. The highest BCUT2D eigenvalue weighted by molar-refractivity contribution is 7.87. The molecule has 0 fully saturated rings. The minimum absolute atomic E-state index is 0.0545. The third kappa shape index (κ3) is 5.63. The molecule has 0 radical (unpaired) electrons. The maximum Gasteiger partial charge on any atom is 0.310 e. The van der Waals surface area contributed by atoms with Gasteiger partial charge in [0.25, 0.3) is 0 Å². The molecule has 0 aliphatic carbocycles. The molecule has 1 aromatic carbocycles. The van der Waals surface area contributed by atoms with Gasteiger partial charge in [-0.25, -0.2) is 0 Å². The Balaban J connectivity index is 1.91. The first-order valence-corrected chi connectivity index (χ1v) is 9.37. The fourth-order valence-electron chi connectivity index (χ4n) is 1.95. The Morgan fingerprint density at radius 3 is 2.59 bits per heavy atom. The van der Waals surface area contributed by atoms with Crippen LogP contribution in [0.1, 0.15) is 4.88 Å². The van der Waals surface area contributed by atoms with Crippen molar-refractivity contribution in [3.8, 4) is 5.75 Å². The summed E-state index contributed by atoms with van der Waals surface area (Å²) in [6.45, 7) is 5.48. The van der Waals surface area contributed by atoms with E-state index in [1.807, 2.05) is 28.5 Å². The number of nitrogens with zero attached hydrogens (tertiary/aromatic N) is 1. The van der Waals surface area contributed by atoms with Crippen LogP contribution < -0.4 is 4.18 Å². The van der Waals surface area contributed by atoms with Gasteiger partial charge in [0.1, 0.15) is 5.75 Å². The van der Waals surface area contributed by atoms with E-state index in [0.717, 1.165) is 0 Å². The third-order valence-corrected chi connectivity index (χ3v) is 4.96. The molecule has 1 aromatic heterocycles. The predicted octanol–water partition coefficient (Wildman–Crippen LogP) is 3.14. The van der Waals surface area contributed by atoms with E-state index in [0.29, 0.717) is 25.4 Å². The zero-order valence-electron chi connectivity index (χ0n) is 12.2. The average molecular weight is 337 g/mol. The zero-order chi connectivity index (χ0) is 15.8. The Hall–Kier alpha value is -1.63. The van der Waals surface area contributed by atoms with Gasteiger partial charge in [0.2, 0.25) is 0 Å². The molecule has 6 heteroatoms. The van der Waals surface area contributed by atoms with Gasteiger partial charge >= 0.3 is 10.1 Å². The fraction of sp³-hybridized carbons (Fsp3) is 0.250. The number of rotatable bonds is 9. The average Bonchev–Trinajstić information content (AvgIpc) is 2.99. The lowest BCUT2D eigenvalue weighted by Crippen LogP contribution is -2.30. The van der Waals surface area contributed by atoms with Crippen LogP contribution in [0.3, 0.4) is 0 Å². The van der Waals surface area contributed by atoms with Crippen LogP contribution in [0, 0.1) is 0 Å². The lowest BCUT2D eigenvalue weighted by Gasteiger charge is -2.19. The molecular formula is C16H19NO3S2. The zero-order valence-corrected chi connectivity index (χ0v) is 13.9. The Morgan fingerprint density at radius 2 is 1.95 bits per heavy atom. The minimum atomic E-state index is -3.60. The predicted molar refractivity (Wildman–Crippen MR) is 90.6 cm³/mol. The van der Waals surface area contributed by atoms with Crippen LogP contribution in [-0.4, -0.2) is 32.2 Å². The normalized spacial score (nSPS) is 11.5. The number of benzene rings is 1. The summed E-state index contributed by atoms with van der Waals surface area (Å²) >= 11 is 1.66. The summed E-state index contributed by atoms with van der Waals surface area (Å²) in [5, 5.41) is 2.01. The third-order valence-electron chi connectivity index (χ3n) is 2.97. The van der Waals surface area contributed by atoms with Crippen LogP contribution in [-0.2, 0) is 16.7 Å². The molecule has 1 heterocycles. The molecular weight excluding hydrogens is 318 g/mol. The van der Waals surface area contributed by atoms with Gasteiger partial charge in [0.05, 0.1) is 5.75 Å². The lowest BCUT2D eigenvalue weighted by atomic mass is 10.3. The van der Waals surface area contributed by atoms with Gasteiger partial charge in [-0.05, 0) is 23.6 Å². The number of para-hydroxylation sites is 1. The molecule has 0 amide bonds. The Labute approximate surface area is 135 Å². The first kappa shape index (κ1) is 16.7. The second kappa shape index (κ2) is 8.12. The molecule has 0 spiro atoms. The van der Waals surface area contributed by atoms with E-state index in [1.165, 1.54) is 4.88 Å². The minimum Gasteiger partial charge on any atom is -0.382 e. The molecule has 0 unspecified atom stereocenters. The number of thiophene rings is 1. The van der Waals surface area contributed by atoms with Gasteiger partial charge in [-0.3, -0.25) is 4.90 Å². The monoisotopic (exact) mass is 337 g/mol. The lowest BCUT2D eigenvalue weighted by molar-refractivity contribution is 0.312. The van der Waals surface area contributed by atoms with E-state index in [4.69, 9.17) is 4.18 Å². The standard InChI is InChI=1S/C16H19NO3S2/c1-2-10-17(14-16-9-6-12-21-16)11-13-22(18,19)20-15-7-4-3-5-8-15/h2-9,12H,1,10-11,13-14H2. The second-order valence-corrected chi connectivity index (χ2v) is 7.48. The Bertz CT molecular complexity index is 667. The Kier molecular flexibility index (Phi) is 6.18. The van der Waals surface area contributed by atoms with Crippen molar-refractivity contribution in [3.63, 3.8) is 0 Å². The van der Waals surface area contributed by atoms with E-state index >= 15 is 0 Å². The largest absolute Gasteiger partial charge is 0.382 e. The first-order valence-electron chi connectivity index (χ1n) is 6.92. The molecule has 118 valence electrons. The molecule has 0 aliphatic heterocycles. The topological polar surface area (TPSA) is 46.6 Å². The van der Waals surface area contributed by atoms with Gasteiger partial charge in [0, 0.05) is 24.5 Å².